The predicted octanol–water partition coefficient (Wildman–Crippen LogP) is 3.60. The minimum atomic E-state index is -1.84. The van der Waals surface area contributed by atoms with Gasteiger partial charge in [0.1, 0.15) is 6.17 Å². The van der Waals surface area contributed by atoms with Gasteiger partial charge in [-0.2, -0.15) is 0 Å². The first-order chi connectivity index (χ1) is 14.8. The Bertz CT molecular complexity index is 947. The second-order valence-electron chi connectivity index (χ2n) is 10.4. The molecule has 0 spiro atoms. The number of rotatable bonds is 3. The maximum Gasteiger partial charge on any atom is 0.349 e. The number of aliphatic carboxylic acids is 1. The van der Waals surface area contributed by atoms with Gasteiger partial charge in [0, 0.05) is 23.2 Å². The summed E-state index contributed by atoms with van der Waals surface area (Å²) in [5, 5.41) is 21.8. The van der Waals surface area contributed by atoms with Gasteiger partial charge < -0.3 is 14.9 Å². The van der Waals surface area contributed by atoms with E-state index >= 15 is 4.39 Å². The van der Waals surface area contributed by atoms with Crippen molar-refractivity contribution in [3.05, 3.63) is 23.8 Å². The summed E-state index contributed by atoms with van der Waals surface area (Å²) in [7, 11) is 0. The summed E-state index contributed by atoms with van der Waals surface area (Å²) in [5.41, 5.74) is -3.84. The number of carbonyl (C=O) groups is 3. The van der Waals surface area contributed by atoms with E-state index in [0.717, 1.165) is 0 Å². The SMILES string of the molecule is CCC(=O)O[C@]1(C(=O)O)[C@H](C)C[C@H]2[C@@H]3C[C@H](F)C4=CC(=O)C=C[C@]4(C)[C@@]3(Cl)[C@@H](O)C[C@@]21C. The average Bonchev–Trinajstić information content (AvgIpc) is 2.93. The van der Waals surface area contributed by atoms with Gasteiger partial charge in [-0.25, -0.2) is 9.18 Å². The third kappa shape index (κ3) is 2.58. The Hall–Kier alpha value is -1.73. The van der Waals surface area contributed by atoms with E-state index in [2.05, 4.69) is 0 Å². The Morgan fingerprint density at radius 1 is 1.28 bits per heavy atom. The molecule has 3 saturated carbocycles. The molecule has 0 amide bonds. The molecule has 0 unspecified atom stereocenters. The first kappa shape index (κ1) is 23.4. The van der Waals surface area contributed by atoms with Gasteiger partial charge in [0.25, 0.3) is 0 Å². The van der Waals surface area contributed by atoms with Gasteiger partial charge in [-0.3, -0.25) is 9.59 Å². The molecule has 2 N–H and O–H groups in total. The molecule has 3 fully saturated rings. The first-order valence-corrected chi connectivity index (χ1v) is 11.6. The van der Waals surface area contributed by atoms with Gasteiger partial charge >= 0.3 is 11.9 Å². The smallest absolute Gasteiger partial charge is 0.349 e. The lowest BCUT2D eigenvalue weighted by molar-refractivity contribution is -0.213. The maximum absolute atomic E-state index is 15.5. The Morgan fingerprint density at radius 2 is 1.94 bits per heavy atom. The molecular weight excluding hydrogens is 439 g/mol. The minimum Gasteiger partial charge on any atom is -0.478 e. The molecule has 0 saturated heterocycles. The molecule has 0 aromatic rings. The van der Waals surface area contributed by atoms with Crippen molar-refractivity contribution in [2.75, 3.05) is 0 Å². The lowest BCUT2D eigenvalue weighted by atomic mass is 9.45. The van der Waals surface area contributed by atoms with E-state index in [1.807, 2.05) is 0 Å². The zero-order valence-electron chi connectivity index (χ0n) is 18.7. The number of carboxylic acids is 1. The van der Waals surface area contributed by atoms with Crippen LogP contribution in [0.15, 0.2) is 23.8 Å². The average molecular weight is 469 g/mol. The normalized spacial score (nSPS) is 49.5. The van der Waals surface area contributed by atoms with Crippen molar-refractivity contribution >= 4 is 29.3 Å². The number of aliphatic hydroxyl groups is 1. The van der Waals surface area contributed by atoms with Gasteiger partial charge in [0.05, 0.1) is 11.0 Å². The predicted molar refractivity (Wildman–Crippen MR) is 115 cm³/mol. The van der Waals surface area contributed by atoms with Crippen molar-refractivity contribution in [2.45, 2.75) is 76.1 Å². The fourth-order valence-corrected chi connectivity index (χ4v) is 7.98. The van der Waals surface area contributed by atoms with E-state index in [1.165, 1.54) is 12.2 Å². The van der Waals surface area contributed by atoms with Crippen LogP contribution in [0.25, 0.3) is 0 Å². The van der Waals surface area contributed by atoms with E-state index in [-0.39, 0.29) is 30.6 Å². The Labute approximate surface area is 191 Å². The summed E-state index contributed by atoms with van der Waals surface area (Å²) < 4.78 is 21.2. The van der Waals surface area contributed by atoms with Crippen LogP contribution in [-0.2, 0) is 19.1 Å². The number of hydrogen-bond donors (Lipinski definition) is 2. The second-order valence-corrected chi connectivity index (χ2v) is 11.0. The standard InChI is InChI=1S/C24H30ClFO6/c1-5-19(29)32-24(20(30)31)12(2)8-14-15-10-17(26)16-9-13(27)6-7-21(16,3)23(15,25)18(28)11-22(14,24)4/h6-7,9,12,14-15,17-18,28H,5,8,10-11H2,1-4H3,(H,30,31)/t12-,14+,15+,17+,18+,21+,22+,23+,24+/m1/s1. The van der Waals surface area contributed by atoms with Crippen LogP contribution < -0.4 is 0 Å². The lowest BCUT2D eigenvalue weighted by Gasteiger charge is -2.64. The van der Waals surface area contributed by atoms with Crippen LogP contribution >= 0.6 is 11.6 Å². The van der Waals surface area contributed by atoms with Gasteiger partial charge in [-0.1, -0.05) is 33.8 Å². The largest absolute Gasteiger partial charge is 0.478 e. The van der Waals surface area contributed by atoms with Crippen LogP contribution in [0.1, 0.15) is 53.4 Å². The van der Waals surface area contributed by atoms with Crippen molar-refractivity contribution < 1.29 is 33.7 Å². The number of carboxylic acid groups (broad SMARTS) is 1. The number of ether oxygens (including phenoxy) is 1. The molecule has 0 aromatic heterocycles. The van der Waals surface area contributed by atoms with E-state index < -0.39 is 63.3 Å². The van der Waals surface area contributed by atoms with Crippen LogP contribution in [0.2, 0.25) is 0 Å². The Balaban J connectivity index is 1.87. The lowest BCUT2D eigenvalue weighted by Crippen LogP contribution is -2.70. The number of carbonyl (C=O) groups excluding carboxylic acids is 2. The topological polar surface area (TPSA) is 101 Å². The minimum absolute atomic E-state index is 0.0194. The number of ketones is 1. The summed E-state index contributed by atoms with van der Waals surface area (Å²) >= 11 is 7.26. The highest BCUT2D eigenvalue weighted by Gasteiger charge is 2.77. The maximum atomic E-state index is 15.5. The van der Waals surface area contributed by atoms with Crippen LogP contribution in [0, 0.1) is 28.6 Å². The molecule has 0 bridgehead atoms. The highest BCUT2D eigenvalue weighted by Crippen LogP contribution is 2.72. The summed E-state index contributed by atoms with van der Waals surface area (Å²) in [5.74, 6) is -3.74. The van der Waals surface area contributed by atoms with Crippen LogP contribution in [0.5, 0.6) is 0 Å². The molecule has 8 heteroatoms. The number of halogens is 2. The molecule has 0 heterocycles. The molecule has 9 atom stereocenters. The Morgan fingerprint density at radius 3 is 2.53 bits per heavy atom. The molecule has 0 aliphatic heterocycles. The van der Waals surface area contributed by atoms with E-state index in [0.29, 0.717) is 6.42 Å². The highest BCUT2D eigenvalue weighted by atomic mass is 35.5. The molecule has 0 aromatic carbocycles. The van der Waals surface area contributed by atoms with Gasteiger partial charge in [0.15, 0.2) is 5.78 Å². The molecule has 0 radical (unpaired) electrons. The fourth-order valence-electron chi connectivity index (χ4n) is 7.49. The number of hydrogen-bond acceptors (Lipinski definition) is 5. The Kier molecular flexibility index (Phi) is 5.22. The number of allylic oxidation sites excluding steroid dienone is 4. The zero-order valence-corrected chi connectivity index (χ0v) is 19.5. The van der Waals surface area contributed by atoms with E-state index in [4.69, 9.17) is 16.3 Å². The van der Waals surface area contributed by atoms with Crippen LogP contribution in [0.3, 0.4) is 0 Å². The first-order valence-electron chi connectivity index (χ1n) is 11.2. The van der Waals surface area contributed by atoms with Gasteiger partial charge in [-0.15, -0.1) is 11.6 Å². The summed E-state index contributed by atoms with van der Waals surface area (Å²) in [4.78, 5) is 35.6. The summed E-state index contributed by atoms with van der Waals surface area (Å²) in [6, 6.07) is 0. The van der Waals surface area contributed by atoms with Crippen molar-refractivity contribution in [2.24, 2.45) is 28.6 Å². The van der Waals surface area contributed by atoms with E-state index in [9.17, 15) is 24.6 Å². The third-order valence-electron chi connectivity index (χ3n) is 9.05. The quantitative estimate of drug-likeness (QED) is 0.485. The number of fused-ring (bicyclic) bond motifs is 5. The van der Waals surface area contributed by atoms with Gasteiger partial charge in [0.2, 0.25) is 5.60 Å². The highest BCUT2D eigenvalue weighted by molar-refractivity contribution is 6.26. The molecule has 6 nitrogen and oxygen atoms in total. The fraction of sp³-hybridized carbons (Fsp3) is 0.708. The van der Waals surface area contributed by atoms with Crippen molar-refractivity contribution in [3.63, 3.8) is 0 Å². The monoisotopic (exact) mass is 468 g/mol. The molecule has 4 aliphatic rings. The second kappa shape index (κ2) is 7.13. The molecular formula is C24H30ClFO6. The number of aliphatic hydroxyl groups excluding tert-OH is 1. The van der Waals surface area contributed by atoms with Crippen LogP contribution in [-0.4, -0.2) is 50.7 Å². The third-order valence-corrected chi connectivity index (χ3v) is 9.97. The zero-order chi connectivity index (χ0) is 23.9. The van der Waals surface area contributed by atoms with Crippen molar-refractivity contribution in [1.82, 2.24) is 0 Å². The molecule has 176 valence electrons. The summed E-state index contributed by atoms with van der Waals surface area (Å²) in [6.45, 7) is 6.78. The molecule has 4 rings (SSSR count). The summed E-state index contributed by atoms with van der Waals surface area (Å²) in [6.07, 6.45) is 1.88. The van der Waals surface area contributed by atoms with Crippen molar-refractivity contribution in [3.8, 4) is 0 Å². The van der Waals surface area contributed by atoms with Crippen molar-refractivity contribution in [1.29, 1.82) is 0 Å². The van der Waals surface area contributed by atoms with Crippen LogP contribution in [0.4, 0.5) is 4.39 Å². The molecule has 4 aliphatic carbocycles. The van der Waals surface area contributed by atoms with E-state index in [1.54, 1.807) is 33.8 Å². The molecule has 32 heavy (non-hydrogen) atoms. The van der Waals surface area contributed by atoms with Gasteiger partial charge in [-0.05, 0) is 48.8 Å². The number of esters is 1. The number of alkyl halides is 2.